The second-order valence-corrected chi connectivity index (χ2v) is 10.6. The lowest BCUT2D eigenvalue weighted by Gasteiger charge is -2.17. The predicted octanol–water partition coefficient (Wildman–Crippen LogP) is 6.99. The van der Waals surface area contributed by atoms with Crippen molar-refractivity contribution in [1.82, 2.24) is 13.9 Å². The summed E-state index contributed by atoms with van der Waals surface area (Å²) in [5.74, 6) is 1.42. The number of rotatable bonds is 7. The van der Waals surface area contributed by atoms with Crippen molar-refractivity contribution in [3.8, 4) is 17.1 Å². The zero-order valence-electron chi connectivity index (χ0n) is 21.4. The minimum Gasteiger partial charge on any atom is -0.454 e. The summed E-state index contributed by atoms with van der Waals surface area (Å²) in [4.78, 5) is 19.3. The summed E-state index contributed by atoms with van der Waals surface area (Å²) in [5.41, 5.74) is 3.84. The summed E-state index contributed by atoms with van der Waals surface area (Å²) in [6.07, 6.45) is 2.12. The van der Waals surface area contributed by atoms with Gasteiger partial charge in [0, 0.05) is 23.9 Å². The van der Waals surface area contributed by atoms with Crippen LogP contribution in [0.5, 0.6) is 0 Å². The maximum atomic E-state index is 13.5. The van der Waals surface area contributed by atoms with E-state index in [1.165, 1.54) is 0 Å². The van der Waals surface area contributed by atoms with Crippen LogP contribution in [0.15, 0.2) is 80.2 Å². The largest absolute Gasteiger partial charge is 0.454 e. The Morgan fingerprint density at radius 3 is 2.44 bits per heavy atom. The Hall–Kier alpha value is -3.58. The quantitative estimate of drug-likeness (QED) is 0.242. The van der Waals surface area contributed by atoms with E-state index in [1.807, 2.05) is 67.2 Å². The molecule has 3 aromatic heterocycles. The van der Waals surface area contributed by atoms with Crippen LogP contribution in [0.4, 0.5) is 5.69 Å². The van der Waals surface area contributed by atoms with E-state index < -0.39 is 0 Å². The summed E-state index contributed by atoms with van der Waals surface area (Å²) in [6.45, 7) is 8.66. The van der Waals surface area contributed by atoms with E-state index in [0.29, 0.717) is 11.6 Å². The smallest absolute Gasteiger partial charge is 0.297 e. The number of benzene rings is 2. The van der Waals surface area contributed by atoms with Gasteiger partial charge in [0.2, 0.25) is 0 Å². The van der Waals surface area contributed by atoms with Crippen LogP contribution in [0, 0.1) is 12.8 Å². The normalized spacial score (nSPS) is 13.2. The van der Waals surface area contributed by atoms with Gasteiger partial charge >= 0.3 is 0 Å². The molecule has 0 fully saturated rings. The molecule has 0 saturated carbocycles. The van der Waals surface area contributed by atoms with Crippen LogP contribution >= 0.6 is 11.3 Å². The maximum Gasteiger partial charge on any atom is 0.297 e. The fourth-order valence-electron chi connectivity index (χ4n) is 4.60. The Balaban J connectivity index is 1.68. The van der Waals surface area contributed by atoms with Crippen molar-refractivity contribution in [3.63, 3.8) is 0 Å². The van der Waals surface area contributed by atoms with Crippen LogP contribution in [0.25, 0.3) is 28.1 Å². The molecule has 0 aliphatic heterocycles. The number of aromatic nitrogens is 3. The first kappa shape index (κ1) is 24.1. The van der Waals surface area contributed by atoms with Crippen LogP contribution in [0.2, 0.25) is 0 Å². The molecule has 7 heteroatoms. The first-order valence-corrected chi connectivity index (χ1v) is 13.3. The molecule has 0 aliphatic carbocycles. The molecular formula is C29H32N4O2S. The minimum absolute atomic E-state index is 0.124. The van der Waals surface area contributed by atoms with Crippen molar-refractivity contribution >= 4 is 28.0 Å². The lowest BCUT2D eigenvalue weighted by molar-refractivity contribution is 0.433. The van der Waals surface area contributed by atoms with Crippen molar-refractivity contribution in [1.29, 1.82) is 0 Å². The molecule has 0 aliphatic rings. The van der Waals surface area contributed by atoms with Gasteiger partial charge in [-0.25, -0.2) is 9.67 Å². The summed E-state index contributed by atoms with van der Waals surface area (Å²) < 4.78 is 12.0. The van der Waals surface area contributed by atoms with Gasteiger partial charge in [0.1, 0.15) is 5.58 Å². The van der Waals surface area contributed by atoms with E-state index in [4.69, 9.17) is 9.41 Å². The van der Waals surface area contributed by atoms with E-state index in [-0.39, 0.29) is 11.6 Å². The average molecular weight is 501 g/mol. The lowest BCUT2D eigenvalue weighted by Crippen LogP contribution is -2.22. The molecule has 5 aromatic rings. The van der Waals surface area contributed by atoms with Gasteiger partial charge in [-0.2, -0.15) is 0 Å². The topological polar surface area (TPSA) is 57.4 Å². The second kappa shape index (κ2) is 9.82. The van der Waals surface area contributed by atoms with Gasteiger partial charge < -0.3 is 8.98 Å². The second-order valence-electron chi connectivity index (χ2n) is 9.76. The Morgan fingerprint density at radius 2 is 1.72 bits per heavy atom. The highest BCUT2D eigenvalue weighted by molar-refractivity contribution is 7.07. The Morgan fingerprint density at radius 1 is 1.00 bits per heavy atom. The summed E-state index contributed by atoms with van der Waals surface area (Å²) in [6, 6.07) is 20.0. The number of hydrogen-bond acceptors (Lipinski definition) is 4. The molecule has 5 rings (SSSR count). The molecule has 0 radical (unpaired) electrons. The average Bonchev–Trinajstić information content (AvgIpc) is 3.54. The molecule has 1 atom stereocenters. The number of para-hydroxylation sites is 2. The zero-order valence-corrected chi connectivity index (χ0v) is 22.2. The molecule has 2 aromatic carbocycles. The van der Waals surface area contributed by atoms with Crippen LogP contribution < -0.4 is 10.4 Å². The molecule has 186 valence electrons. The molecule has 3 heterocycles. The van der Waals surface area contributed by atoms with Gasteiger partial charge in [0.15, 0.2) is 16.2 Å². The van der Waals surface area contributed by atoms with E-state index in [0.717, 1.165) is 51.4 Å². The van der Waals surface area contributed by atoms with Crippen molar-refractivity contribution in [2.45, 2.75) is 46.6 Å². The predicted molar refractivity (Wildman–Crippen MR) is 147 cm³/mol. The maximum absolute atomic E-state index is 13.5. The minimum atomic E-state index is -0.124. The molecule has 0 amide bonds. The summed E-state index contributed by atoms with van der Waals surface area (Å²) in [5, 5.41) is 3.17. The van der Waals surface area contributed by atoms with Gasteiger partial charge in [-0.15, -0.1) is 11.3 Å². The van der Waals surface area contributed by atoms with Gasteiger partial charge in [0.05, 0.1) is 17.1 Å². The van der Waals surface area contributed by atoms with Gasteiger partial charge in [-0.3, -0.25) is 9.48 Å². The Labute approximate surface area is 214 Å². The summed E-state index contributed by atoms with van der Waals surface area (Å²) >= 11 is 1.55. The van der Waals surface area contributed by atoms with E-state index in [2.05, 4.69) is 42.9 Å². The highest BCUT2D eigenvalue weighted by atomic mass is 32.1. The third-order valence-corrected chi connectivity index (χ3v) is 7.59. The van der Waals surface area contributed by atoms with E-state index in [1.54, 1.807) is 16.0 Å². The lowest BCUT2D eigenvalue weighted by atomic mass is 10.0. The number of nitrogens with zero attached hydrogens (tertiary/aromatic N) is 4. The van der Waals surface area contributed by atoms with Crippen LogP contribution in [0.1, 0.15) is 45.3 Å². The first-order valence-electron chi connectivity index (χ1n) is 12.4. The Kier molecular flexibility index (Phi) is 6.58. The third kappa shape index (κ3) is 4.39. The van der Waals surface area contributed by atoms with Gasteiger partial charge in [-0.05, 0) is 56.9 Å². The monoisotopic (exact) mass is 500 g/mol. The van der Waals surface area contributed by atoms with Gasteiger partial charge in [0.25, 0.3) is 5.56 Å². The van der Waals surface area contributed by atoms with Crippen LogP contribution in [-0.2, 0) is 7.05 Å². The third-order valence-electron chi connectivity index (χ3n) is 6.75. The molecule has 0 spiro atoms. The van der Waals surface area contributed by atoms with Crippen molar-refractivity contribution < 1.29 is 4.42 Å². The molecular weight excluding hydrogens is 468 g/mol. The highest BCUT2D eigenvalue weighted by Crippen LogP contribution is 2.31. The number of furan rings is 1. The van der Waals surface area contributed by atoms with Crippen LogP contribution in [-0.4, -0.2) is 13.9 Å². The molecule has 0 bridgehead atoms. The zero-order chi connectivity index (χ0) is 25.4. The van der Waals surface area contributed by atoms with Crippen molar-refractivity contribution in [2.75, 3.05) is 0 Å². The first-order chi connectivity index (χ1) is 17.3. The van der Waals surface area contributed by atoms with Gasteiger partial charge in [-0.1, -0.05) is 50.2 Å². The fourth-order valence-corrected chi connectivity index (χ4v) is 5.58. The van der Waals surface area contributed by atoms with Crippen molar-refractivity contribution in [3.05, 3.63) is 86.9 Å². The number of thiazole rings is 1. The summed E-state index contributed by atoms with van der Waals surface area (Å²) in [7, 11) is 1.90. The van der Waals surface area contributed by atoms with Crippen LogP contribution in [0.3, 0.4) is 0 Å². The Bertz CT molecular complexity index is 1600. The number of hydrogen-bond donors (Lipinski definition) is 0. The molecule has 1 unspecified atom stereocenters. The standard InChI is InChI=1S/C29H32N4O2S/c1-19(2)15-16-20(3)32-24(26-17-22-11-9-10-14-25(22)35-26)18-36-29(32)30-27-21(4)31(5)33(28(27)34)23-12-7-6-8-13-23/h6-14,17-20H,15-16H2,1-5H3. The molecule has 0 N–H and O–H groups in total. The highest BCUT2D eigenvalue weighted by Gasteiger charge is 2.20. The van der Waals surface area contributed by atoms with E-state index in [9.17, 15) is 4.79 Å². The molecule has 0 saturated heterocycles. The molecule has 36 heavy (non-hydrogen) atoms. The fraction of sp³-hybridized carbons (Fsp3) is 0.310. The SMILES string of the molecule is Cc1c(N=c2scc(-c3cc4ccccc4o3)n2C(C)CCC(C)C)c(=O)n(-c2ccccc2)n1C. The van der Waals surface area contributed by atoms with E-state index >= 15 is 0 Å². The van der Waals surface area contributed by atoms with Crippen molar-refractivity contribution in [2.24, 2.45) is 18.0 Å². The number of fused-ring (bicyclic) bond motifs is 1. The molecule has 6 nitrogen and oxygen atoms in total.